The average Bonchev–Trinajstić information content (AvgIpc) is 2.43. The molecule has 116 valence electrons. The fourth-order valence-corrected chi connectivity index (χ4v) is 2.96. The fraction of sp³-hybridized carbons (Fsp3) is 0.562. The zero-order valence-electron chi connectivity index (χ0n) is 12.6. The monoisotopic (exact) mass is 293 g/mol. The van der Waals surface area contributed by atoms with E-state index in [2.05, 4.69) is 5.32 Å². The number of benzene rings is 1. The molecule has 0 bridgehead atoms. The summed E-state index contributed by atoms with van der Waals surface area (Å²) >= 11 is 0. The van der Waals surface area contributed by atoms with E-state index in [9.17, 15) is 9.18 Å². The summed E-state index contributed by atoms with van der Waals surface area (Å²) in [7, 11) is 1.96. The van der Waals surface area contributed by atoms with E-state index in [1.807, 2.05) is 11.9 Å². The molecule has 1 aromatic rings. The molecular formula is C16H24FN3O. The largest absolute Gasteiger partial charge is 0.397 e. The smallest absolute Gasteiger partial charge is 0.238 e. The number of hydrogen-bond acceptors (Lipinski definition) is 3. The first kappa shape index (κ1) is 15.8. The number of hydrogen-bond donors (Lipinski definition) is 2. The van der Waals surface area contributed by atoms with E-state index in [0.717, 1.165) is 6.54 Å². The number of nitrogens with one attached hydrogen (secondary N) is 1. The highest BCUT2D eigenvalue weighted by Crippen LogP contribution is 2.24. The number of nitrogen functional groups attached to an aromatic ring is 1. The van der Waals surface area contributed by atoms with Crippen LogP contribution in [0.3, 0.4) is 0 Å². The molecule has 2 rings (SSSR count). The molecule has 0 unspecified atom stereocenters. The van der Waals surface area contributed by atoms with Gasteiger partial charge in [-0.25, -0.2) is 4.39 Å². The highest BCUT2D eigenvalue weighted by molar-refractivity contribution is 5.95. The first-order chi connectivity index (χ1) is 10.0. The lowest BCUT2D eigenvalue weighted by molar-refractivity contribution is -0.117. The van der Waals surface area contributed by atoms with Crippen LogP contribution in [0.15, 0.2) is 18.2 Å². The maximum absolute atomic E-state index is 13.0. The fourth-order valence-electron chi connectivity index (χ4n) is 2.96. The van der Waals surface area contributed by atoms with Crippen molar-refractivity contribution < 1.29 is 9.18 Å². The van der Waals surface area contributed by atoms with Crippen LogP contribution in [-0.4, -0.2) is 30.9 Å². The van der Waals surface area contributed by atoms with Gasteiger partial charge < -0.3 is 11.1 Å². The normalized spacial score (nSPS) is 16.1. The van der Waals surface area contributed by atoms with Crippen molar-refractivity contribution in [2.75, 3.05) is 31.2 Å². The molecule has 0 saturated heterocycles. The predicted octanol–water partition coefficient (Wildman–Crippen LogP) is 2.86. The summed E-state index contributed by atoms with van der Waals surface area (Å²) in [6.07, 6.45) is 6.46. The molecule has 1 saturated carbocycles. The molecule has 3 N–H and O–H groups in total. The van der Waals surface area contributed by atoms with Gasteiger partial charge in [-0.05, 0) is 44.0 Å². The van der Waals surface area contributed by atoms with Gasteiger partial charge in [-0.15, -0.1) is 0 Å². The SMILES string of the molecule is CN(CC(=O)Nc1ccc(F)cc1N)CC1CCCCC1. The van der Waals surface area contributed by atoms with E-state index in [1.165, 1.54) is 50.3 Å². The Bertz CT molecular complexity index is 486. The number of carbonyl (C=O) groups is 1. The third-order valence-corrected chi connectivity index (χ3v) is 4.00. The number of halogens is 1. The summed E-state index contributed by atoms with van der Waals surface area (Å²) in [5.41, 5.74) is 6.40. The van der Waals surface area contributed by atoms with Gasteiger partial charge >= 0.3 is 0 Å². The van der Waals surface area contributed by atoms with Crippen molar-refractivity contribution in [3.63, 3.8) is 0 Å². The average molecular weight is 293 g/mol. The molecule has 1 aromatic carbocycles. The topological polar surface area (TPSA) is 58.4 Å². The van der Waals surface area contributed by atoms with Gasteiger partial charge in [0.1, 0.15) is 5.82 Å². The van der Waals surface area contributed by atoms with Gasteiger partial charge in [0.05, 0.1) is 17.9 Å². The van der Waals surface area contributed by atoms with Crippen LogP contribution in [0.4, 0.5) is 15.8 Å². The Morgan fingerprint density at radius 3 is 2.76 bits per heavy atom. The first-order valence-electron chi connectivity index (χ1n) is 7.58. The number of rotatable bonds is 5. The van der Waals surface area contributed by atoms with E-state index < -0.39 is 5.82 Å². The molecule has 0 atom stereocenters. The van der Waals surface area contributed by atoms with Gasteiger partial charge in [0.15, 0.2) is 0 Å². The summed E-state index contributed by atoms with van der Waals surface area (Å²) in [6, 6.07) is 3.99. The van der Waals surface area contributed by atoms with Gasteiger partial charge in [-0.2, -0.15) is 0 Å². The van der Waals surface area contributed by atoms with Crippen molar-refractivity contribution in [2.24, 2.45) is 5.92 Å². The van der Waals surface area contributed by atoms with Crippen LogP contribution < -0.4 is 11.1 Å². The van der Waals surface area contributed by atoms with Crippen molar-refractivity contribution in [2.45, 2.75) is 32.1 Å². The predicted molar refractivity (Wildman–Crippen MR) is 83.5 cm³/mol. The maximum Gasteiger partial charge on any atom is 0.238 e. The molecule has 5 heteroatoms. The van der Waals surface area contributed by atoms with Crippen LogP contribution in [0.5, 0.6) is 0 Å². The van der Waals surface area contributed by atoms with Crippen molar-refractivity contribution in [1.82, 2.24) is 4.90 Å². The van der Waals surface area contributed by atoms with Crippen molar-refractivity contribution >= 4 is 17.3 Å². The first-order valence-corrected chi connectivity index (χ1v) is 7.58. The molecule has 1 amide bonds. The molecule has 0 spiro atoms. The number of nitrogens with two attached hydrogens (primary N) is 1. The molecule has 0 radical (unpaired) electrons. The Hall–Kier alpha value is -1.62. The standard InChI is InChI=1S/C16H24FN3O/c1-20(10-12-5-3-2-4-6-12)11-16(21)19-15-8-7-13(17)9-14(15)18/h7-9,12H,2-6,10-11,18H2,1H3,(H,19,21). The maximum atomic E-state index is 13.0. The van der Waals surface area contributed by atoms with Gasteiger partial charge in [0, 0.05) is 6.54 Å². The highest BCUT2D eigenvalue weighted by atomic mass is 19.1. The molecule has 0 aliphatic heterocycles. The number of nitrogens with zero attached hydrogens (tertiary/aromatic N) is 1. The molecule has 4 nitrogen and oxygen atoms in total. The lowest BCUT2D eigenvalue weighted by Gasteiger charge is -2.26. The molecular weight excluding hydrogens is 269 g/mol. The molecule has 1 aliphatic carbocycles. The van der Waals surface area contributed by atoms with Crippen LogP contribution in [0.1, 0.15) is 32.1 Å². The summed E-state index contributed by atoms with van der Waals surface area (Å²) in [4.78, 5) is 14.0. The zero-order valence-corrected chi connectivity index (χ0v) is 12.6. The molecule has 1 fully saturated rings. The number of anilines is 2. The lowest BCUT2D eigenvalue weighted by atomic mass is 9.89. The van der Waals surface area contributed by atoms with Crippen LogP contribution >= 0.6 is 0 Å². The number of amides is 1. The van der Waals surface area contributed by atoms with Crippen LogP contribution in [-0.2, 0) is 4.79 Å². The zero-order chi connectivity index (χ0) is 15.2. The van der Waals surface area contributed by atoms with Crippen LogP contribution in [0.25, 0.3) is 0 Å². The van der Waals surface area contributed by atoms with Gasteiger partial charge in [-0.3, -0.25) is 9.69 Å². The molecule has 21 heavy (non-hydrogen) atoms. The van der Waals surface area contributed by atoms with Crippen LogP contribution in [0.2, 0.25) is 0 Å². The summed E-state index contributed by atoms with van der Waals surface area (Å²) in [6.45, 7) is 1.28. The second-order valence-corrected chi connectivity index (χ2v) is 5.98. The second-order valence-electron chi connectivity index (χ2n) is 5.98. The van der Waals surface area contributed by atoms with Crippen LogP contribution in [0, 0.1) is 11.7 Å². The minimum Gasteiger partial charge on any atom is -0.397 e. The van der Waals surface area contributed by atoms with E-state index >= 15 is 0 Å². The Morgan fingerprint density at radius 1 is 1.38 bits per heavy atom. The van der Waals surface area contributed by atoms with Gasteiger partial charge in [0.25, 0.3) is 0 Å². The van der Waals surface area contributed by atoms with E-state index in [-0.39, 0.29) is 11.6 Å². The van der Waals surface area contributed by atoms with E-state index in [4.69, 9.17) is 5.73 Å². The van der Waals surface area contributed by atoms with E-state index in [0.29, 0.717) is 18.2 Å². The minimum atomic E-state index is -0.403. The summed E-state index contributed by atoms with van der Waals surface area (Å²) in [5.74, 6) is 0.180. The lowest BCUT2D eigenvalue weighted by Crippen LogP contribution is -2.34. The second kappa shape index (κ2) is 7.41. The minimum absolute atomic E-state index is 0.119. The molecule has 0 heterocycles. The molecule has 1 aliphatic rings. The Labute approximate surface area is 125 Å². The molecule has 0 aromatic heterocycles. The van der Waals surface area contributed by atoms with Crippen molar-refractivity contribution in [1.29, 1.82) is 0 Å². The van der Waals surface area contributed by atoms with Gasteiger partial charge in [0.2, 0.25) is 5.91 Å². The third kappa shape index (κ3) is 5.01. The van der Waals surface area contributed by atoms with Crippen molar-refractivity contribution in [3.05, 3.63) is 24.0 Å². The Morgan fingerprint density at radius 2 is 2.10 bits per heavy atom. The Kier molecular flexibility index (Phi) is 5.56. The number of carbonyl (C=O) groups excluding carboxylic acids is 1. The van der Waals surface area contributed by atoms with Gasteiger partial charge in [-0.1, -0.05) is 19.3 Å². The van der Waals surface area contributed by atoms with E-state index in [1.54, 1.807) is 0 Å². The summed E-state index contributed by atoms with van der Waals surface area (Å²) in [5, 5.41) is 2.73. The Balaban J connectivity index is 1.80. The number of likely N-dealkylation sites (N-methyl/N-ethyl adjacent to an activating group) is 1. The quantitative estimate of drug-likeness (QED) is 0.821. The third-order valence-electron chi connectivity index (χ3n) is 4.00. The van der Waals surface area contributed by atoms with Crippen molar-refractivity contribution in [3.8, 4) is 0 Å². The highest BCUT2D eigenvalue weighted by Gasteiger charge is 2.17. The summed E-state index contributed by atoms with van der Waals surface area (Å²) < 4.78 is 13.0.